The Morgan fingerprint density at radius 3 is 2.74 bits per heavy atom. The van der Waals surface area contributed by atoms with Crippen molar-refractivity contribution in [3.8, 4) is 5.75 Å². The molecule has 108 valence electrons. The van der Waals surface area contributed by atoms with Gasteiger partial charge in [-0.1, -0.05) is 11.6 Å². The lowest BCUT2D eigenvalue weighted by molar-refractivity contribution is 0.199. The second kappa shape index (κ2) is 7.69. The summed E-state index contributed by atoms with van der Waals surface area (Å²) in [5, 5.41) is 3.65. The van der Waals surface area contributed by atoms with Crippen LogP contribution in [0.5, 0.6) is 5.75 Å². The van der Waals surface area contributed by atoms with E-state index in [1.165, 1.54) is 6.92 Å². The molecule has 1 aromatic rings. The van der Waals surface area contributed by atoms with Gasteiger partial charge in [0.2, 0.25) is 0 Å². The summed E-state index contributed by atoms with van der Waals surface area (Å²) in [6.45, 7) is 3.22. The van der Waals surface area contributed by atoms with Crippen molar-refractivity contribution in [2.75, 3.05) is 26.0 Å². The highest BCUT2D eigenvalue weighted by molar-refractivity contribution is 7.87. The van der Waals surface area contributed by atoms with Crippen molar-refractivity contribution in [1.82, 2.24) is 5.32 Å². The minimum absolute atomic E-state index is 0.0772. The molecular formula is C12H18ClNO4S. The molecule has 0 unspecified atom stereocenters. The van der Waals surface area contributed by atoms with Crippen molar-refractivity contribution < 1.29 is 17.3 Å². The van der Waals surface area contributed by atoms with E-state index in [9.17, 15) is 8.42 Å². The summed E-state index contributed by atoms with van der Waals surface area (Å²) in [6.07, 6.45) is 0. The van der Waals surface area contributed by atoms with Crippen molar-refractivity contribution in [2.24, 2.45) is 0 Å². The fourth-order valence-corrected chi connectivity index (χ4v) is 2.11. The van der Waals surface area contributed by atoms with Gasteiger partial charge in [0, 0.05) is 30.8 Å². The molecule has 0 saturated heterocycles. The molecule has 0 heterocycles. The minimum Gasteiger partial charge on any atom is -0.383 e. The molecule has 1 rings (SSSR count). The number of methoxy groups -OCH3 is 1. The topological polar surface area (TPSA) is 64.6 Å². The van der Waals surface area contributed by atoms with Crippen LogP contribution in [0.4, 0.5) is 0 Å². The molecule has 5 nitrogen and oxygen atoms in total. The van der Waals surface area contributed by atoms with Gasteiger partial charge in [0.15, 0.2) is 0 Å². The predicted octanol–water partition coefficient (Wildman–Crippen LogP) is 1.80. The van der Waals surface area contributed by atoms with Gasteiger partial charge in [-0.25, -0.2) is 0 Å². The van der Waals surface area contributed by atoms with E-state index >= 15 is 0 Å². The van der Waals surface area contributed by atoms with Gasteiger partial charge in [0.05, 0.1) is 12.4 Å². The number of hydrogen-bond donors (Lipinski definition) is 1. The number of benzene rings is 1. The summed E-state index contributed by atoms with van der Waals surface area (Å²) in [5.74, 6) is 0.225. The lowest BCUT2D eigenvalue weighted by Crippen LogP contribution is -2.20. The average molecular weight is 308 g/mol. The van der Waals surface area contributed by atoms with E-state index in [0.717, 1.165) is 0 Å². The Hall–Kier alpha value is -0.820. The molecule has 0 atom stereocenters. The van der Waals surface area contributed by atoms with Crippen molar-refractivity contribution in [3.05, 3.63) is 28.8 Å². The van der Waals surface area contributed by atoms with Crippen molar-refractivity contribution in [3.63, 3.8) is 0 Å². The monoisotopic (exact) mass is 307 g/mol. The Balaban J connectivity index is 2.80. The SMILES string of the molecule is CCS(=O)(=O)Oc1ccc(Cl)cc1CNCCOC. The van der Waals surface area contributed by atoms with Crippen LogP contribution in [0, 0.1) is 0 Å². The molecule has 1 N–H and O–H groups in total. The Kier molecular flexibility index (Phi) is 6.57. The standard InChI is InChI=1S/C12H18ClNO4S/c1-3-19(15,16)18-12-5-4-11(13)8-10(12)9-14-6-7-17-2/h4-5,8,14H,3,6-7,9H2,1-2H3. The molecule has 0 spiro atoms. The van der Waals surface area contributed by atoms with Crippen LogP contribution in [0.15, 0.2) is 18.2 Å². The van der Waals surface area contributed by atoms with Gasteiger partial charge < -0.3 is 14.2 Å². The molecular weight excluding hydrogens is 290 g/mol. The molecule has 1 aromatic carbocycles. The summed E-state index contributed by atoms with van der Waals surface area (Å²) in [6, 6.07) is 4.84. The third-order valence-corrected chi connectivity index (χ3v) is 3.77. The van der Waals surface area contributed by atoms with E-state index < -0.39 is 10.1 Å². The average Bonchev–Trinajstić information content (AvgIpc) is 2.37. The Morgan fingerprint density at radius 2 is 2.11 bits per heavy atom. The first kappa shape index (κ1) is 16.2. The van der Waals surface area contributed by atoms with E-state index in [-0.39, 0.29) is 5.75 Å². The van der Waals surface area contributed by atoms with Gasteiger partial charge in [-0.3, -0.25) is 0 Å². The number of nitrogens with one attached hydrogen (secondary N) is 1. The molecule has 0 aliphatic carbocycles. The minimum atomic E-state index is -3.54. The lowest BCUT2D eigenvalue weighted by Gasteiger charge is -2.11. The van der Waals surface area contributed by atoms with E-state index in [4.69, 9.17) is 20.5 Å². The Morgan fingerprint density at radius 1 is 1.37 bits per heavy atom. The summed E-state index contributed by atoms with van der Waals surface area (Å²) < 4.78 is 32.9. The molecule has 0 aromatic heterocycles. The summed E-state index contributed by atoms with van der Waals surface area (Å²) in [4.78, 5) is 0. The van der Waals surface area contributed by atoms with Crippen LogP contribution in [-0.4, -0.2) is 34.4 Å². The van der Waals surface area contributed by atoms with Gasteiger partial charge in [-0.2, -0.15) is 8.42 Å². The van der Waals surface area contributed by atoms with Crippen LogP contribution in [0.25, 0.3) is 0 Å². The highest BCUT2D eigenvalue weighted by Crippen LogP contribution is 2.24. The van der Waals surface area contributed by atoms with Crippen LogP contribution in [0.1, 0.15) is 12.5 Å². The van der Waals surface area contributed by atoms with Crippen LogP contribution >= 0.6 is 11.6 Å². The molecule has 0 aliphatic rings. The van der Waals surface area contributed by atoms with E-state index in [1.807, 2.05) is 0 Å². The van der Waals surface area contributed by atoms with Crippen molar-refractivity contribution in [2.45, 2.75) is 13.5 Å². The second-order valence-electron chi connectivity index (χ2n) is 3.85. The smallest absolute Gasteiger partial charge is 0.308 e. The Labute approximate surface area is 119 Å². The zero-order chi connectivity index (χ0) is 14.3. The maximum absolute atomic E-state index is 11.5. The molecule has 0 saturated carbocycles. The second-order valence-corrected chi connectivity index (χ2v) is 6.15. The van der Waals surface area contributed by atoms with Crippen LogP contribution in [0.2, 0.25) is 5.02 Å². The van der Waals surface area contributed by atoms with Crippen LogP contribution in [-0.2, 0) is 21.4 Å². The summed E-state index contributed by atoms with van der Waals surface area (Å²) in [7, 11) is -1.92. The number of rotatable bonds is 8. The van der Waals surface area contributed by atoms with Crippen molar-refractivity contribution >= 4 is 21.7 Å². The lowest BCUT2D eigenvalue weighted by atomic mass is 10.2. The number of halogens is 1. The summed E-state index contributed by atoms with van der Waals surface area (Å²) in [5.41, 5.74) is 0.695. The maximum Gasteiger partial charge on any atom is 0.308 e. The van der Waals surface area contributed by atoms with Crippen LogP contribution < -0.4 is 9.50 Å². The van der Waals surface area contributed by atoms with Gasteiger partial charge in [0.1, 0.15) is 5.75 Å². The number of hydrogen-bond acceptors (Lipinski definition) is 5. The van der Waals surface area contributed by atoms with Gasteiger partial charge >= 0.3 is 10.1 Å². The normalized spacial score (nSPS) is 11.5. The van der Waals surface area contributed by atoms with E-state index in [0.29, 0.717) is 36.0 Å². The zero-order valence-corrected chi connectivity index (χ0v) is 12.6. The maximum atomic E-state index is 11.5. The third kappa shape index (κ3) is 5.78. The van der Waals surface area contributed by atoms with Gasteiger partial charge in [-0.15, -0.1) is 0 Å². The highest BCUT2D eigenvalue weighted by atomic mass is 35.5. The van der Waals surface area contributed by atoms with E-state index in [2.05, 4.69) is 5.32 Å². The first-order valence-electron chi connectivity index (χ1n) is 5.88. The van der Waals surface area contributed by atoms with Crippen molar-refractivity contribution in [1.29, 1.82) is 0 Å². The predicted molar refractivity (Wildman–Crippen MR) is 75.1 cm³/mol. The first-order valence-corrected chi connectivity index (χ1v) is 7.84. The summed E-state index contributed by atoms with van der Waals surface area (Å²) >= 11 is 5.90. The first-order chi connectivity index (χ1) is 8.98. The molecule has 0 aliphatic heterocycles. The fourth-order valence-electron chi connectivity index (χ4n) is 1.36. The Bertz CT molecular complexity index is 504. The van der Waals surface area contributed by atoms with Gasteiger partial charge in [-0.05, 0) is 25.1 Å². The molecule has 19 heavy (non-hydrogen) atoms. The molecule has 0 radical (unpaired) electrons. The van der Waals surface area contributed by atoms with E-state index in [1.54, 1.807) is 25.3 Å². The largest absolute Gasteiger partial charge is 0.383 e. The molecule has 0 bridgehead atoms. The van der Waals surface area contributed by atoms with Crippen LogP contribution in [0.3, 0.4) is 0 Å². The molecule has 0 amide bonds. The number of ether oxygens (including phenoxy) is 1. The quantitative estimate of drug-likeness (QED) is 0.586. The molecule has 0 fully saturated rings. The fraction of sp³-hybridized carbons (Fsp3) is 0.500. The highest BCUT2D eigenvalue weighted by Gasteiger charge is 2.13. The zero-order valence-electron chi connectivity index (χ0n) is 11.0. The molecule has 7 heteroatoms. The third-order valence-electron chi connectivity index (χ3n) is 2.39. The van der Waals surface area contributed by atoms with Gasteiger partial charge in [0.25, 0.3) is 0 Å².